The zero-order chi connectivity index (χ0) is 23.7. The number of aryl methyl sites for hydroxylation is 1. The highest BCUT2D eigenvalue weighted by atomic mass is 32.2. The Balaban J connectivity index is 1.78. The molecular weight excluding hydrogens is 452 g/mol. The molecule has 1 fully saturated rings. The molecule has 0 saturated carbocycles. The van der Waals surface area contributed by atoms with Crippen LogP contribution in [0, 0.1) is 12.8 Å². The van der Waals surface area contributed by atoms with Gasteiger partial charge in [-0.3, -0.25) is 18.9 Å². The van der Waals surface area contributed by atoms with Gasteiger partial charge < -0.3 is 5.32 Å². The fraction of sp³-hybridized carbons (Fsp3) is 0.280. The van der Waals surface area contributed by atoms with Gasteiger partial charge in [0, 0.05) is 12.7 Å². The summed E-state index contributed by atoms with van der Waals surface area (Å²) in [6.45, 7) is 8.70. The summed E-state index contributed by atoms with van der Waals surface area (Å²) in [6, 6.07) is 13.3. The van der Waals surface area contributed by atoms with Gasteiger partial charge in [0.2, 0.25) is 0 Å². The molecule has 2 aromatic heterocycles. The van der Waals surface area contributed by atoms with E-state index in [0.29, 0.717) is 38.7 Å². The van der Waals surface area contributed by atoms with Crippen molar-refractivity contribution in [2.75, 3.05) is 11.9 Å². The predicted molar refractivity (Wildman–Crippen MR) is 139 cm³/mol. The molecule has 1 aliphatic rings. The van der Waals surface area contributed by atoms with Gasteiger partial charge in [0.25, 0.3) is 11.5 Å². The maximum Gasteiger partial charge on any atom is 0.267 e. The third kappa shape index (κ3) is 4.72. The Bertz CT molecular complexity index is 1320. The Morgan fingerprint density at radius 1 is 1.12 bits per heavy atom. The van der Waals surface area contributed by atoms with Crippen LogP contribution in [-0.2, 0) is 4.79 Å². The van der Waals surface area contributed by atoms with Crippen molar-refractivity contribution in [3.05, 3.63) is 80.6 Å². The maximum atomic E-state index is 13.4. The number of aromatic nitrogens is 2. The monoisotopic (exact) mass is 478 g/mol. The Kier molecular flexibility index (Phi) is 6.67. The van der Waals surface area contributed by atoms with Crippen molar-refractivity contribution in [1.82, 2.24) is 14.3 Å². The summed E-state index contributed by atoms with van der Waals surface area (Å²) in [4.78, 5) is 33.5. The van der Waals surface area contributed by atoms with Crippen molar-refractivity contribution in [2.24, 2.45) is 5.92 Å². The number of thiocarbonyl (C=S) groups is 1. The van der Waals surface area contributed by atoms with Gasteiger partial charge in [-0.05, 0) is 43.0 Å². The second-order valence-corrected chi connectivity index (χ2v) is 10.2. The number of thioether (sulfide) groups is 1. The highest BCUT2D eigenvalue weighted by Crippen LogP contribution is 2.38. The van der Waals surface area contributed by atoms with Crippen molar-refractivity contribution < 1.29 is 4.79 Å². The summed E-state index contributed by atoms with van der Waals surface area (Å²) in [5.74, 6) is 0.630. The number of rotatable bonds is 6. The summed E-state index contributed by atoms with van der Waals surface area (Å²) in [6.07, 6.45) is 3.39. The number of hydrogen-bond donors (Lipinski definition) is 1. The molecule has 0 radical (unpaired) electrons. The van der Waals surface area contributed by atoms with Gasteiger partial charge in [0.05, 0.1) is 16.5 Å². The van der Waals surface area contributed by atoms with Crippen LogP contribution in [0.25, 0.3) is 11.7 Å². The fourth-order valence-corrected chi connectivity index (χ4v) is 5.05. The summed E-state index contributed by atoms with van der Waals surface area (Å²) in [5, 5.41) is 3.28. The van der Waals surface area contributed by atoms with E-state index in [1.54, 1.807) is 17.2 Å². The van der Waals surface area contributed by atoms with E-state index in [0.717, 1.165) is 11.1 Å². The maximum absolute atomic E-state index is 13.4. The topological polar surface area (TPSA) is 66.7 Å². The average Bonchev–Trinajstić information content (AvgIpc) is 3.07. The standard InChI is InChI=1S/C25H26N4O2S2/c1-15(2)13-26-22-19(23(30)28-14-16(3)10-11-21(28)27-22)12-20-24(31)29(25(32)33-20)17(4)18-8-6-5-7-9-18/h5-12,14-15,17,26H,13H2,1-4H3. The summed E-state index contributed by atoms with van der Waals surface area (Å²) >= 11 is 6.76. The van der Waals surface area contributed by atoms with Gasteiger partial charge in [0.1, 0.15) is 15.8 Å². The van der Waals surface area contributed by atoms with Crippen LogP contribution in [0.1, 0.15) is 43.5 Å². The Hall–Kier alpha value is -2.97. The number of fused-ring (bicyclic) bond motifs is 1. The van der Waals surface area contributed by atoms with E-state index in [1.165, 1.54) is 16.2 Å². The lowest BCUT2D eigenvalue weighted by atomic mass is 10.1. The minimum atomic E-state index is -0.226. The molecule has 8 heteroatoms. The van der Waals surface area contributed by atoms with Gasteiger partial charge >= 0.3 is 0 Å². The summed E-state index contributed by atoms with van der Waals surface area (Å²) in [7, 11) is 0. The van der Waals surface area contributed by atoms with Crippen molar-refractivity contribution in [3.63, 3.8) is 0 Å². The van der Waals surface area contributed by atoms with Crippen LogP contribution in [0.4, 0.5) is 5.82 Å². The van der Waals surface area contributed by atoms with Crippen molar-refractivity contribution >= 4 is 51.7 Å². The van der Waals surface area contributed by atoms with Crippen molar-refractivity contribution in [3.8, 4) is 0 Å². The van der Waals surface area contributed by atoms with E-state index in [-0.39, 0.29) is 17.5 Å². The number of anilines is 1. The lowest BCUT2D eigenvalue weighted by Crippen LogP contribution is -2.31. The third-order valence-corrected chi connectivity index (χ3v) is 6.78. The molecule has 1 aromatic carbocycles. The van der Waals surface area contributed by atoms with Gasteiger partial charge in [-0.2, -0.15) is 0 Å². The molecule has 1 unspecified atom stereocenters. The number of nitrogens with zero attached hydrogens (tertiary/aromatic N) is 3. The first-order valence-corrected chi connectivity index (χ1v) is 12.1. The SMILES string of the molecule is Cc1ccc2nc(NCC(C)C)c(C=C3SC(=S)N(C(C)c4ccccc4)C3=O)c(=O)n2c1. The lowest BCUT2D eigenvalue weighted by Gasteiger charge is -2.23. The smallest absolute Gasteiger partial charge is 0.267 e. The number of amides is 1. The highest BCUT2D eigenvalue weighted by molar-refractivity contribution is 8.26. The fourth-order valence-electron chi connectivity index (χ4n) is 3.65. The minimum absolute atomic E-state index is 0.204. The summed E-state index contributed by atoms with van der Waals surface area (Å²) in [5.41, 5.74) is 2.63. The molecule has 1 saturated heterocycles. The van der Waals surface area contributed by atoms with Crippen LogP contribution in [0.15, 0.2) is 58.4 Å². The largest absolute Gasteiger partial charge is 0.369 e. The number of hydrogen-bond acceptors (Lipinski definition) is 6. The van der Waals surface area contributed by atoms with Crippen LogP contribution >= 0.6 is 24.0 Å². The first-order valence-electron chi connectivity index (χ1n) is 10.8. The van der Waals surface area contributed by atoms with Gasteiger partial charge in [-0.15, -0.1) is 0 Å². The molecular formula is C25H26N4O2S2. The number of benzene rings is 1. The van der Waals surface area contributed by atoms with E-state index >= 15 is 0 Å². The van der Waals surface area contributed by atoms with E-state index < -0.39 is 0 Å². The predicted octanol–water partition coefficient (Wildman–Crippen LogP) is 5.03. The molecule has 4 rings (SSSR count). The van der Waals surface area contributed by atoms with Crippen LogP contribution in [0.5, 0.6) is 0 Å². The first-order chi connectivity index (χ1) is 15.8. The molecule has 1 amide bonds. The highest BCUT2D eigenvalue weighted by Gasteiger charge is 2.36. The Labute approximate surface area is 202 Å². The van der Waals surface area contributed by atoms with Crippen LogP contribution in [0.3, 0.4) is 0 Å². The van der Waals surface area contributed by atoms with E-state index in [4.69, 9.17) is 12.2 Å². The van der Waals surface area contributed by atoms with E-state index in [9.17, 15) is 9.59 Å². The van der Waals surface area contributed by atoms with Gasteiger partial charge in [-0.25, -0.2) is 4.98 Å². The molecule has 3 heterocycles. The molecule has 6 nitrogen and oxygen atoms in total. The molecule has 0 spiro atoms. The number of pyridine rings is 1. The zero-order valence-electron chi connectivity index (χ0n) is 19.0. The van der Waals surface area contributed by atoms with Gasteiger partial charge in [-0.1, -0.05) is 74.2 Å². The average molecular weight is 479 g/mol. The Morgan fingerprint density at radius 2 is 1.85 bits per heavy atom. The molecule has 1 N–H and O–H groups in total. The van der Waals surface area contributed by atoms with E-state index in [2.05, 4.69) is 24.1 Å². The number of carbonyl (C=O) groups is 1. The van der Waals surface area contributed by atoms with Crippen LogP contribution in [0.2, 0.25) is 0 Å². The zero-order valence-corrected chi connectivity index (χ0v) is 20.7. The van der Waals surface area contributed by atoms with Crippen molar-refractivity contribution in [2.45, 2.75) is 33.7 Å². The molecule has 3 aromatic rings. The second kappa shape index (κ2) is 9.49. The third-order valence-electron chi connectivity index (χ3n) is 5.45. The molecule has 170 valence electrons. The number of nitrogens with one attached hydrogen (secondary N) is 1. The van der Waals surface area contributed by atoms with Crippen LogP contribution < -0.4 is 10.9 Å². The minimum Gasteiger partial charge on any atom is -0.369 e. The molecule has 1 aliphatic heterocycles. The number of carbonyl (C=O) groups excluding carboxylic acids is 1. The van der Waals surface area contributed by atoms with Gasteiger partial charge in [0.15, 0.2) is 0 Å². The normalized spacial score (nSPS) is 16.3. The quantitative estimate of drug-likeness (QED) is 0.396. The first kappa shape index (κ1) is 23.2. The van der Waals surface area contributed by atoms with Crippen molar-refractivity contribution in [1.29, 1.82) is 0 Å². The Morgan fingerprint density at radius 3 is 2.55 bits per heavy atom. The van der Waals surface area contributed by atoms with Crippen LogP contribution in [-0.4, -0.2) is 31.1 Å². The molecule has 0 aliphatic carbocycles. The molecule has 0 bridgehead atoms. The van der Waals surface area contributed by atoms with E-state index in [1.807, 2.05) is 56.3 Å². The molecule has 1 atom stereocenters. The lowest BCUT2D eigenvalue weighted by molar-refractivity contribution is -0.123. The summed E-state index contributed by atoms with van der Waals surface area (Å²) < 4.78 is 2.00. The second-order valence-electron chi connectivity index (χ2n) is 8.53. The molecule has 33 heavy (non-hydrogen) atoms.